The number of methoxy groups -OCH3 is 2. The van der Waals surface area contributed by atoms with Crippen LogP contribution in [0.4, 0.5) is 0 Å². The molecule has 6 nitrogen and oxygen atoms in total. The Morgan fingerprint density at radius 2 is 1.68 bits per heavy atom. The molecule has 0 aromatic heterocycles. The molecule has 0 aliphatic carbocycles. The molecule has 0 aliphatic heterocycles. The van der Waals surface area contributed by atoms with Gasteiger partial charge in [-0.05, 0) is 48.6 Å². The highest BCUT2D eigenvalue weighted by Crippen LogP contribution is 2.27. The van der Waals surface area contributed by atoms with Gasteiger partial charge in [0, 0.05) is 19.7 Å². The van der Waals surface area contributed by atoms with Gasteiger partial charge in [-0.2, -0.15) is 0 Å². The van der Waals surface area contributed by atoms with Crippen LogP contribution in [0, 0.1) is 0 Å². The molecule has 2 aromatic rings. The molecular weight excluding hydrogens is 505 g/mol. The molecule has 0 bridgehead atoms. The summed E-state index contributed by atoms with van der Waals surface area (Å²) in [7, 11) is 3.30. The first kappa shape index (κ1) is 27.0. The van der Waals surface area contributed by atoms with Crippen molar-refractivity contribution in [1.29, 1.82) is 0 Å². The van der Waals surface area contributed by atoms with E-state index in [0.717, 1.165) is 50.0 Å². The number of ether oxygens (including phenoxy) is 3. The zero-order valence-corrected chi connectivity index (χ0v) is 21.4. The Labute approximate surface area is 203 Å². The van der Waals surface area contributed by atoms with E-state index in [0.29, 0.717) is 13.2 Å². The Kier molecular flexibility index (Phi) is 13.7. The topological polar surface area (TPSA) is 64.1 Å². The number of rotatable bonds is 12. The quantitative estimate of drug-likeness (QED) is 0.179. The monoisotopic (exact) mass is 541 g/mol. The van der Waals surface area contributed by atoms with E-state index < -0.39 is 0 Å². The number of benzene rings is 2. The molecule has 0 saturated heterocycles. The second-order valence-electron chi connectivity index (χ2n) is 6.88. The number of nitrogens with one attached hydrogen (secondary N) is 2. The van der Waals surface area contributed by atoms with Crippen molar-refractivity contribution >= 4 is 29.9 Å². The number of nitrogens with zero attached hydrogens (tertiary/aromatic N) is 1. The molecule has 0 radical (unpaired) electrons. The van der Waals surface area contributed by atoms with Crippen molar-refractivity contribution in [3.05, 3.63) is 59.2 Å². The van der Waals surface area contributed by atoms with E-state index in [4.69, 9.17) is 19.2 Å². The molecular formula is C24H36IN3O3. The molecule has 0 saturated carbocycles. The minimum absolute atomic E-state index is 0. The third-order valence-corrected chi connectivity index (χ3v) is 4.63. The van der Waals surface area contributed by atoms with Crippen molar-refractivity contribution in [3.8, 4) is 11.5 Å². The first-order chi connectivity index (χ1) is 14.7. The summed E-state index contributed by atoms with van der Waals surface area (Å²) in [6.07, 6.45) is 1.88. The zero-order valence-electron chi connectivity index (χ0n) is 19.1. The molecule has 2 rings (SSSR count). The van der Waals surface area contributed by atoms with Crippen molar-refractivity contribution in [1.82, 2.24) is 10.6 Å². The molecule has 0 atom stereocenters. The van der Waals surface area contributed by atoms with Gasteiger partial charge >= 0.3 is 0 Å². The molecule has 0 spiro atoms. The third kappa shape index (κ3) is 9.35. The Bertz CT molecular complexity index is 799. The maximum absolute atomic E-state index is 5.71. The second kappa shape index (κ2) is 15.8. The number of guanidine groups is 1. The van der Waals surface area contributed by atoms with E-state index in [1.54, 1.807) is 14.2 Å². The average Bonchev–Trinajstić information content (AvgIpc) is 2.78. The van der Waals surface area contributed by atoms with Gasteiger partial charge in [-0.3, -0.25) is 0 Å². The molecule has 0 aliphatic rings. The van der Waals surface area contributed by atoms with Crippen LogP contribution in [0.25, 0.3) is 0 Å². The lowest BCUT2D eigenvalue weighted by Gasteiger charge is -2.13. The molecule has 31 heavy (non-hydrogen) atoms. The highest BCUT2D eigenvalue weighted by Gasteiger charge is 2.06. The van der Waals surface area contributed by atoms with Crippen LogP contribution >= 0.6 is 24.0 Å². The summed E-state index contributed by atoms with van der Waals surface area (Å²) in [6, 6.07) is 14.3. The summed E-state index contributed by atoms with van der Waals surface area (Å²) in [5.41, 5.74) is 3.55. The molecule has 2 N–H and O–H groups in total. The highest BCUT2D eigenvalue weighted by molar-refractivity contribution is 14.0. The van der Waals surface area contributed by atoms with Crippen molar-refractivity contribution in [2.24, 2.45) is 4.99 Å². The van der Waals surface area contributed by atoms with Crippen LogP contribution in [-0.2, 0) is 24.3 Å². The minimum atomic E-state index is 0. The molecule has 0 fully saturated rings. The average molecular weight is 541 g/mol. The SMILES string of the molecule is CCCOCc1ccccc1CN=C(NCC)NCCc1ccc(OC)c(OC)c1.I. The first-order valence-electron chi connectivity index (χ1n) is 10.6. The Balaban J connectivity index is 0.00000480. The van der Waals surface area contributed by atoms with E-state index >= 15 is 0 Å². The van der Waals surface area contributed by atoms with Crippen LogP contribution in [0.2, 0.25) is 0 Å². The van der Waals surface area contributed by atoms with Crippen molar-refractivity contribution < 1.29 is 14.2 Å². The van der Waals surface area contributed by atoms with Crippen LogP contribution in [0.3, 0.4) is 0 Å². The van der Waals surface area contributed by atoms with Gasteiger partial charge in [-0.15, -0.1) is 24.0 Å². The van der Waals surface area contributed by atoms with Gasteiger partial charge in [0.05, 0.1) is 27.4 Å². The molecule has 172 valence electrons. The summed E-state index contributed by atoms with van der Waals surface area (Å²) in [6.45, 7) is 7.77. The molecule has 0 unspecified atom stereocenters. The van der Waals surface area contributed by atoms with Crippen molar-refractivity contribution in [3.63, 3.8) is 0 Å². The van der Waals surface area contributed by atoms with Gasteiger partial charge in [0.15, 0.2) is 17.5 Å². The van der Waals surface area contributed by atoms with Crippen molar-refractivity contribution in [2.75, 3.05) is 33.9 Å². The van der Waals surface area contributed by atoms with Crippen LogP contribution in [0.15, 0.2) is 47.5 Å². The zero-order chi connectivity index (χ0) is 21.6. The van der Waals surface area contributed by atoms with Gasteiger partial charge in [0.25, 0.3) is 0 Å². The van der Waals surface area contributed by atoms with Crippen LogP contribution < -0.4 is 20.1 Å². The van der Waals surface area contributed by atoms with E-state index in [1.807, 2.05) is 24.3 Å². The molecule has 0 amide bonds. The van der Waals surface area contributed by atoms with Crippen LogP contribution in [0.5, 0.6) is 11.5 Å². The van der Waals surface area contributed by atoms with E-state index in [9.17, 15) is 0 Å². The maximum atomic E-state index is 5.71. The summed E-state index contributed by atoms with van der Waals surface area (Å²) >= 11 is 0. The summed E-state index contributed by atoms with van der Waals surface area (Å²) in [5.74, 6) is 2.30. The van der Waals surface area contributed by atoms with E-state index in [2.05, 4.69) is 42.7 Å². The number of hydrogen-bond donors (Lipinski definition) is 2. The lowest BCUT2D eigenvalue weighted by Crippen LogP contribution is -2.38. The van der Waals surface area contributed by atoms with E-state index in [1.165, 1.54) is 16.7 Å². The van der Waals surface area contributed by atoms with E-state index in [-0.39, 0.29) is 24.0 Å². The number of halogens is 1. The standard InChI is InChI=1S/C24H35N3O3.HI/c1-5-15-30-18-21-10-8-7-9-20(21)17-27-24(25-6-2)26-14-13-19-11-12-22(28-3)23(16-19)29-4;/h7-12,16H,5-6,13-15,17-18H2,1-4H3,(H2,25,26,27);1H. The number of aliphatic imine (C=N–C) groups is 1. The van der Waals surface area contributed by atoms with Gasteiger partial charge in [-0.25, -0.2) is 4.99 Å². The van der Waals surface area contributed by atoms with Crippen LogP contribution in [0.1, 0.15) is 37.0 Å². The largest absolute Gasteiger partial charge is 0.493 e. The summed E-state index contributed by atoms with van der Waals surface area (Å²) in [5, 5.41) is 6.73. The Morgan fingerprint density at radius 3 is 2.35 bits per heavy atom. The fraction of sp³-hybridized carbons (Fsp3) is 0.458. The number of hydrogen-bond acceptors (Lipinski definition) is 4. The lowest BCUT2D eigenvalue weighted by atomic mass is 10.1. The first-order valence-corrected chi connectivity index (χ1v) is 10.6. The maximum Gasteiger partial charge on any atom is 0.191 e. The summed E-state index contributed by atoms with van der Waals surface area (Å²) < 4.78 is 16.4. The van der Waals surface area contributed by atoms with Gasteiger partial charge in [-0.1, -0.05) is 37.3 Å². The Hall–Kier alpha value is -2.00. The molecule has 7 heteroatoms. The molecule has 0 heterocycles. The van der Waals surface area contributed by atoms with Crippen LogP contribution in [-0.4, -0.2) is 39.9 Å². The third-order valence-electron chi connectivity index (χ3n) is 4.63. The smallest absolute Gasteiger partial charge is 0.191 e. The van der Waals surface area contributed by atoms with Gasteiger partial charge < -0.3 is 24.8 Å². The van der Waals surface area contributed by atoms with Crippen molar-refractivity contribution in [2.45, 2.75) is 39.8 Å². The predicted molar refractivity (Wildman–Crippen MR) is 138 cm³/mol. The van der Waals surface area contributed by atoms with Gasteiger partial charge in [0.1, 0.15) is 0 Å². The Morgan fingerprint density at radius 1 is 0.935 bits per heavy atom. The normalized spacial score (nSPS) is 10.9. The second-order valence-corrected chi connectivity index (χ2v) is 6.88. The fourth-order valence-electron chi connectivity index (χ4n) is 3.05. The lowest BCUT2D eigenvalue weighted by molar-refractivity contribution is 0.121. The van der Waals surface area contributed by atoms with Gasteiger partial charge in [0.2, 0.25) is 0 Å². The molecule has 2 aromatic carbocycles. The predicted octanol–water partition coefficient (Wildman–Crippen LogP) is 4.55. The minimum Gasteiger partial charge on any atom is -0.493 e. The highest BCUT2D eigenvalue weighted by atomic mass is 127. The fourth-order valence-corrected chi connectivity index (χ4v) is 3.05. The summed E-state index contributed by atoms with van der Waals surface area (Å²) in [4.78, 5) is 4.76.